The number of esters is 1. The Morgan fingerprint density at radius 3 is 2.54 bits per heavy atom. The lowest BCUT2D eigenvalue weighted by atomic mass is 9.95. The summed E-state index contributed by atoms with van der Waals surface area (Å²) in [5.41, 5.74) is 2.97. The molecule has 1 aromatic heterocycles. The molecule has 1 atom stereocenters. The fourth-order valence-electron chi connectivity index (χ4n) is 4.71. The molecule has 0 aliphatic carbocycles. The van der Waals surface area contributed by atoms with Gasteiger partial charge in [0.15, 0.2) is 16.3 Å². The van der Waals surface area contributed by atoms with Crippen LogP contribution in [0.5, 0.6) is 11.5 Å². The molecule has 0 saturated carbocycles. The minimum Gasteiger partial charge on any atom is -0.493 e. The molecule has 0 saturated heterocycles. The first-order valence-electron chi connectivity index (χ1n) is 12.8. The maximum absolute atomic E-state index is 13.9. The fraction of sp³-hybridized carbons (Fsp3) is 0.194. The predicted octanol–water partition coefficient (Wildman–Crippen LogP) is 5.69. The van der Waals surface area contributed by atoms with E-state index in [9.17, 15) is 9.59 Å². The Labute approximate surface area is 250 Å². The molecule has 7 nitrogen and oxygen atoms in total. The van der Waals surface area contributed by atoms with E-state index in [1.54, 1.807) is 28.8 Å². The molecule has 0 amide bonds. The zero-order valence-electron chi connectivity index (χ0n) is 22.5. The van der Waals surface area contributed by atoms with Crippen molar-refractivity contribution in [3.63, 3.8) is 0 Å². The van der Waals surface area contributed by atoms with E-state index < -0.39 is 12.0 Å². The molecule has 4 aromatic rings. The second-order valence-corrected chi connectivity index (χ2v) is 11.0. The number of benzene rings is 3. The standard InChI is InChI=1S/C31H26Cl2N2O5S/c1-4-23-26(30(37)39-3)27(20-10-6-5-7-11-20)35-29(36)25(41-31(35)34-23)16-19-14-22(33)28(24(15-19)38-2)40-17-18-9-8-12-21(32)13-18/h5-16,27H,4,17H2,1-3H3/b25-16+/t27-/m0/s1. The number of carbonyl (C=O) groups is 1. The van der Waals surface area contributed by atoms with Crippen LogP contribution in [0.3, 0.4) is 0 Å². The Bertz CT molecular complexity index is 1830. The summed E-state index contributed by atoms with van der Waals surface area (Å²) in [7, 11) is 2.85. The zero-order chi connectivity index (χ0) is 29.1. The van der Waals surface area contributed by atoms with E-state index in [2.05, 4.69) is 0 Å². The van der Waals surface area contributed by atoms with Crippen LogP contribution in [0.1, 0.15) is 36.1 Å². The van der Waals surface area contributed by atoms with Gasteiger partial charge in [-0.25, -0.2) is 9.79 Å². The van der Waals surface area contributed by atoms with Crippen molar-refractivity contribution >= 4 is 46.6 Å². The van der Waals surface area contributed by atoms with Crippen molar-refractivity contribution in [3.05, 3.63) is 124 Å². The Kier molecular flexibility index (Phi) is 8.63. The summed E-state index contributed by atoms with van der Waals surface area (Å²) < 4.78 is 18.6. The van der Waals surface area contributed by atoms with Crippen LogP contribution in [0, 0.1) is 0 Å². The molecule has 0 fully saturated rings. The highest BCUT2D eigenvalue weighted by atomic mass is 35.5. The summed E-state index contributed by atoms with van der Waals surface area (Å²) in [6.45, 7) is 2.17. The van der Waals surface area contributed by atoms with E-state index in [0.29, 0.717) is 54.1 Å². The topological polar surface area (TPSA) is 79.1 Å². The van der Waals surface area contributed by atoms with Gasteiger partial charge in [0.2, 0.25) is 0 Å². The van der Waals surface area contributed by atoms with Gasteiger partial charge in [-0.2, -0.15) is 0 Å². The zero-order valence-corrected chi connectivity index (χ0v) is 24.8. The van der Waals surface area contributed by atoms with Gasteiger partial charge in [-0.1, -0.05) is 83.9 Å². The third-order valence-electron chi connectivity index (χ3n) is 6.59. The van der Waals surface area contributed by atoms with Crippen LogP contribution >= 0.6 is 34.5 Å². The number of halogens is 2. The highest BCUT2D eigenvalue weighted by Gasteiger charge is 2.33. The first kappa shape index (κ1) is 28.7. The average molecular weight is 610 g/mol. The number of nitrogens with zero attached hydrogens (tertiary/aromatic N) is 2. The van der Waals surface area contributed by atoms with E-state index >= 15 is 0 Å². The monoisotopic (exact) mass is 608 g/mol. The van der Waals surface area contributed by atoms with Gasteiger partial charge in [0.05, 0.1) is 41.1 Å². The van der Waals surface area contributed by atoms with Gasteiger partial charge in [-0.05, 0) is 53.5 Å². The lowest BCUT2D eigenvalue weighted by molar-refractivity contribution is -0.136. The third-order valence-corrected chi connectivity index (χ3v) is 8.09. The molecule has 1 aliphatic rings. The highest BCUT2D eigenvalue weighted by molar-refractivity contribution is 7.07. The second-order valence-electron chi connectivity index (χ2n) is 9.15. The number of ether oxygens (including phenoxy) is 3. The van der Waals surface area contributed by atoms with Gasteiger partial charge in [0.1, 0.15) is 6.61 Å². The average Bonchev–Trinajstić information content (AvgIpc) is 3.29. The van der Waals surface area contributed by atoms with Gasteiger partial charge < -0.3 is 14.2 Å². The number of fused-ring (bicyclic) bond motifs is 1. The summed E-state index contributed by atoms with van der Waals surface area (Å²) in [6, 6.07) is 19.5. The van der Waals surface area contributed by atoms with Crippen LogP contribution in [0.4, 0.5) is 0 Å². The van der Waals surface area contributed by atoms with Crippen LogP contribution in [-0.2, 0) is 16.1 Å². The quantitative estimate of drug-likeness (QED) is 0.240. The van der Waals surface area contributed by atoms with Gasteiger partial charge in [0.25, 0.3) is 5.56 Å². The van der Waals surface area contributed by atoms with Crippen LogP contribution in [0.2, 0.25) is 10.0 Å². The lowest BCUT2D eigenvalue weighted by Gasteiger charge is -2.25. The summed E-state index contributed by atoms with van der Waals surface area (Å²) in [5, 5.41) is 0.939. The van der Waals surface area contributed by atoms with E-state index in [-0.39, 0.29) is 12.2 Å². The van der Waals surface area contributed by atoms with E-state index in [1.807, 2.05) is 55.5 Å². The number of methoxy groups -OCH3 is 2. The molecule has 0 N–H and O–H groups in total. The van der Waals surface area contributed by atoms with E-state index in [0.717, 1.165) is 11.1 Å². The van der Waals surface area contributed by atoms with Crippen LogP contribution in [0.15, 0.2) is 87.8 Å². The molecule has 0 unspecified atom stereocenters. The smallest absolute Gasteiger partial charge is 0.338 e. The number of allylic oxidation sites excluding steroid dienone is 1. The Morgan fingerprint density at radius 2 is 1.85 bits per heavy atom. The number of thiazole rings is 1. The largest absolute Gasteiger partial charge is 0.493 e. The Balaban J connectivity index is 1.59. The van der Waals surface area contributed by atoms with Crippen molar-refractivity contribution in [2.45, 2.75) is 26.0 Å². The molecule has 3 aromatic carbocycles. The van der Waals surface area contributed by atoms with Crippen molar-refractivity contribution < 1.29 is 19.0 Å². The molecular weight excluding hydrogens is 583 g/mol. The normalized spacial score (nSPS) is 14.9. The number of rotatable bonds is 8. The number of hydrogen-bond acceptors (Lipinski definition) is 7. The molecule has 5 rings (SSSR count). The van der Waals surface area contributed by atoms with Crippen LogP contribution < -0.4 is 24.4 Å². The minimum atomic E-state index is -0.669. The van der Waals surface area contributed by atoms with Crippen molar-refractivity contribution in [2.75, 3.05) is 14.2 Å². The van der Waals surface area contributed by atoms with Crippen LogP contribution in [0.25, 0.3) is 6.08 Å². The van der Waals surface area contributed by atoms with E-state index in [1.165, 1.54) is 25.6 Å². The van der Waals surface area contributed by atoms with Crippen molar-refractivity contribution in [2.24, 2.45) is 4.99 Å². The molecule has 10 heteroatoms. The molecule has 0 radical (unpaired) electrons. The summed E-state index contributed by atoms with van der Waals surface area (Å²) >= 11 is 14.0. The number of aromatic nitrogens is 1. The summed E-state index contributed by atoms with van der Waals surface area (Å²) in [4.78, 5) is 32.0. The van der Waals surface area contributed by atoms with Crippen molar-refractivity contribution in [3.8, 4) is 11.5 Å². The lowest BCUT2D eigenvalue weighted by Crippen LogP contribution is -2.40. The molecule has 0 spiro atoms. The first-order chi connectivity index (χ1) is 19.8. The van der Waals surface area contributed by atoms with E-state index in [4.69, 9.17) is 42.4 Å². The van der Waals surface area contributed by atoms with Gasteiger partial charge in [0, 0.05) is 5.02 Å². The highest BCUT2D eigenvalue weighted by Crippen LogP contribution is 2.37. The first-order valence-corrected chi connectivity index (χ1v) is 14.3. The molecule has 2 heterocycles. The maximum atomic E-state index is 13.9. The fourth-order valence-corrected chi connectivity index (χ4v) is 6.22. The van der Waals surface area contributed by atoms with Gasteiger partial charge >= 0.3 is 5.97 Å². The summed E-state index contributed by atoms with van der Waals surface area (Å²) in [5.74, 6) is 0.285. The minimum absolute atomic E-state index is 0.246. The molecular formula is C31H26Cl2N2O5S. The van der Waals surface area contributed by atoms with Gasteiger partial charge in [-0.15, -0.1) is 0 Å². The maximum Gasteiger partial charge on any atom is 0.338 e. The predicted molar refractivity (Wildman–Crippen MR) is 161 cm³/mol. The third kappa shape index (κ3) is 5.81. The SMILES string of the molecule is CCC1=C(C(=O)OC)[C@H](c2ccccc2)n2c(s/c(=C/c3cc(Cl)c(OCc4cccc(Cl)c4)c(OC)c3)c2=O)=N1. The Hall–Kier alpha value is -3.85. The summed E-state index contributed by atoms with van der Waals surface area (Å²) in [6.07, 6.45) is 2.23. The second kappa shape index (κ2) is 12.3. The van der Waals surface area contributed by atoms with Gasteiger partial charge in [-0.3, -0.25) is 9.36 Å². The number of carbonyl (C=O) groups excluding carboxylic acids is 1. The van der Waals surface area contributed by atoms with Crippen molar-refractivity contribution in [1.29, 1.82) is 0 Å². The van der Waals surface area contributed by atoms with Crippen LogP contribution in [-0.4, -0.2) is 24.8 Å². The molecule has 0 bridgehead atoms. The number of hydrogen-bond donors (Lipinski definition) is 0. The molecule has 210 valence electrons. The molecule has 41 heavy (non-hydrogen) atoms. The molecule has 1 aliphatic heterocycles. The Morgan fingerprint density at radius 1 is 1.07 bits per heavy atom. The van der Waals surface area contributed by atoms with Crippen molar-refractivity contribution in [1.82, 2.24) is 4.57 Å².